The van der Waals surface area contributed by atoms with E-state index in [9.17, 15) is 9.59 Å². The minimum Gasteiger partial charge on any atom is -0.481 e. The van der Waals surface area contributed by atoms with Gasteiger partial charge in [-0.3, -0.25) is 9.59 Å². The zero-order chi connectivity index (χ0) is 15.2. The van der Waals surface area contributed by atoms with Gasteiger partial charge in [0.15, 0.2) is 0 Å². The molecular weight excluding hydrogens is 270 g/mol. The summed E-state index contributed by atoms with van der Waals surface area (Å²) in [7, 11) is 0. The van der Waals surface area contributed by atoms with Gasteiger partial charge in [0.1, 0.15) is 5.82 Å². The number of anilines is 2. The summed E-state index contributed by atoms with van der Waals surface area (Å²) < 4.78 is 0. The molecule has 2 N–H and O–H groups in total. The van der Waals surface area contributed by atoms with Crippen molar-refractivity contribution in [2.45, 2.75) is 32.6 Å². The second kappa shape index (κ2) is 7.06. The number of carboxylic acid groups (broad SMARTS) is 1. The van der Waals surface area contributed by atoms with E-state index in [-0.39, 0.29) is 18.7 Å². The number of piperidine rings is 1. The van der Waals surface area contributed by atoms with Crippen LogP contribution in [-0.2, 0) is 9.59 Å². The maximum absolute atomic E-state index is 11.5. The smallest absolute Gasteiger partial charge is 0.303 e. The molecule has 0 atom stereocenters. The average molecular weight is 291 g/mol. The van der Waals surface area contributed by atoms with Gasteiger partial charge in [-0.05, 0) is 30.9 Å². The van der Waals surface area contributed by atoms with Gasteiger partial charge < -0.3 is 15.3 Å². The van der Waals surface area contributed by atoms with Crippen molar-refractivity contribution in [3.8, 4) is 0 Å². The predicted molar refractivity (Wildman–Crippen MR) is 80.3 cm³/mol. The molecule has 6 heteroatoms. The van der Waals surface area contributed by atoms with Gasteiger partial charge in [-0.15, -0.1) is 0 Å². The van der Waals surface area contributed by atoms with Crippen molar-refractivity contribution < 1.29 is 14.7 Å². The summed E-state index contributed by atoms with van der Waals surface area (Å²) in [6.45, 7) is 4.34. The number of rotatable bonds is 5. The Labute approximate surface area is 124 Å². The fourth-order valence-corrected chi connectivity index (χ4v) is 2.34. The average Bonchev–Trinajstić information content (AvgIpc) is 2.47. The summed E-state index contributed by atoms with van der Waals surface area (Å²) in [5.74, 6) is -0.0706. The summed E-state index contributed by atoms with van der Waals surface area (Å²) in [6, 6.07) is 3.70. The van der Waals surface area contributed by atoms with Gasteiger partial charge in [-0.25, -0.2) is 4.98 Å². The normalized spacial score (nSPS) is 15.8. The third-order valence-electron chi connectivity index (χ3n) is 3.73. The van der Waals surface area contributed by atoms with Crippen LogP contribution in [0.2, 0.25) is 0 Å². The Hall–Kier alpha value is -2.11. The summed E-state index contributed by atoms with van der Waals surface area (Å²) in [5, 5.41) is 11.1. The maximum Gasteiger partial charge on any atom is 0.303 e. The minimum absolute atomic E-state index is 0.0389. The monoisotopic (exact) mass is 291 g/mol. The molecule has 0 bridgehead atoms. The Balaban J connectivity index is 1.87. The van der Waals surface area contributed by atoms with Crippen LogP contribution in [0.5, 0.6) is 0 Å². The number of hydrogen-bond donors (Lipinski definition) is 2. The standard InChI is InChI=1S/C15H21N3O3/c1-11-6-8-18(9-7-11)12-2-3-13(16-10-12)17-14(19)4-5-15(20)21/h2-3,10-11H,4-9H2,1H3,(H,20,21)(H,16,17,19). The van der Waals surface area contributed by atoms with E-state index in [2.05, 4.69) is 22.1 Å². The van der Waals surface area contributed by atoms with E-state index in [0.717, 1.165) is 24.7 Å². The molecule has 1 saturated heterocycles. The highest BCUT2D eigenvalue weighted by atomic mass is 16.4. The van der Waals surface area contributed by atoms with Crippen molar-refractivity contribution in [2.75, 3.05) is 23.3 Å². The second-order valence-corrected chi connectivity index (χ2v) is 5.51. The topological polar surface area (TPSA) is 82.5 Å². The summed E-state index contributed by atoms with van der Waals surface area (Å²) in [5.41, 5.74) is 1.06. The number of carboxylic acids is 1. The number of nitrogens with zero attached hydrogens (tertiary/aromatic N) is 2. The lowest BCUT2D eigenvalue weighted by Crippen LogP contribution is -2.32. The van der Waals surface area contributed by atoms with E-state index >= 15 is 0 Å². The molecular formula is C15H21N3O3. The van der Waals surface area contributed by atoms with Gasteiger partial charge in [-0.1, -0.05) is 6.92 Å². The lowest BCUT2D eigenvalue weighted by molar-refractivity contribution is -0.138. The SMILES string of the molecule is CC1CCN(c2ccc(NC(=O)CCC(=O)O)nc2)CC1. The zero-order valence-electron chi connectivity index (χ0n) is 12.2. The van der Waals surface area contributed by atoms with Crippen LogP contribution in [0.25, 0.3) is 0 Å². The van der Waals surface area contributed by atoms with Crippen LogP contribution in [0.1, 0.15) is 32.6 Å². The first-order valence-electron chi connectivity index (χ1n) is 7.27. The fourth-order valence-electron chi connectivity index (χ4n) is 2.34. The van der Waals surface area contributed by atoms with Gasteiger partial charge >= 0.3 is 5.97 Å². The first-order valence-corrected chi connectivity index (χ1v) is 7.27. The number of carbonyl (C=O) groups is 2. The number of nitrogens with one attached hydrogen (secondary N) is 1. The maximum atomic E-state index is 11.5. The number of carbonyl (C=O) groups excluding carboxylic acids is 1. The molecule has 2 rings (SSSR count). The summed E-state index contributed by atoms with van der Waals surface area (Å²) in [6.07, 6.45) is 3.92. The van der Waals surface area contributed by atoms with E-state index in [1.165, 1.54) is 12.8 Å². The summed E-state index contributed by atoms with van der Waals surface area (Å²) >= 11 is 0. The molecule has 1 aromatic rings. The van der Waals surface area contributed by atoms with Gasteiger partial charge in [-0.2, -0.15) is 0 Å². The molecule has 0 saturated carbocycles. The van der Waals surface area contributed by atoms with Gasteiger partial charge in [0.2, 0.25) is 5.91 Å². The molecule has 1 aliphatic heterocycles. The quantitative estimate of drug-likeness (QED) is 0.868. The Kier molecular flexibility index (Phi) is 5.14. The summed E-state index contributed by atoms with van der Waals surface area (Å²) in [4.78, 5) is 28.4. The Morgan fingerprint density at radius 2 is 2.05 bits per heavy atom. The van der Waals surface area contributed by atoms with E-state index in [4.69, 9.17) is 5.11 Å². The van der Waals surface area contributed by atoms with Crippen molar-refractivity contribution in [3.63, 3.8) is 0 Å². The second-order valence-electron chi connectivity index (χ2n) is 5.51. The third-order valence-corrected chi connectivity index (χ3v) is 3.73. The first-order chi connectivity index (χ1) is 10.0. The van der Waals surface area contributed by atoms with Crippen LogP contribution in [0.3, 0.4) is 0 Å². The molecule has 1 fully saturated rings. The Bertz CT molecular complexity index is 493. The van der Waals surface area contributed by atoms with Crippen LogP contribution >= 0.6 is 0 Å². The van der Waals surface area contributed by atoms with Gasteiger partial charge in [0.05, 0.1) is 18.3 Å². The zero-order valence-corrected chi connectivity index (χ0v) is 12.2. The van der Waals surface area contributed by atoms with Crippen LogP contribution in [0.4, 0.5) is 11.5 Å². The van der Waals surface area contributed by atoms with Crippen LogP contribution < -0.4 is 10.2 Å². The number of amides is 1. The fraction of sp³-hybridized carbons (Fsp3) is 0.533. The predicted octanol–water partition coefficient (Wildman–Crippen LogP) is 2.12. The van der Waals surface area contributed by atoms with Gasteiger partial charge in [0, 0.05) is 19.5 Å². The van der Waals surface area contributed by atoms with E-state index in [0.29, 0.717) is 5.82 Å². The molecule has 0 aliphatic carbocycles. The molecule has 21 heavy (non-hydrogen) atoms. The van der Waals surface area contributed by atoms with E-state index < -0.39 is 5.97 Å². The van der Waals surface area contributed by atoms with E-state index in [1.54, 1.807) is 12.3 Å². The largest absolute Gasteiger partial charge is 0.481 e. The highest BCUT2D eigenvalue weighted by molar-refractivity contribution is 5.91. The van der Waals surface area contributed by atoms with Crippen LogP contribution in [-0.4, -0.2) is 35.1 Å². The van der Waals surface area contributed by atoms with Gasteiger partial charge in [0.25, 0.3) is 0 Å². The van der Waals surface area contributed by atoms with Crippen molar-refractivity contribution in [3.05, 3.63) is 18.3 Å². The number of aromatic nitrogens is 1. The first kappa shape index (κ1) is 15.3. The molecule has 6 nitrogen and oxygen atoms in total. The molecule has 0 unspecified atom stereocenters. The Morgan fingerprint density at radius 3 is 2.62 bits per heavy atom. The molecule has 2 heterocycles. The molecule has 1 amide bonds. The number of pyridine rings is 1. The number of aliphatic carboxylic acids is 1. The molecule has 1 aliphatic rings. The Morgan fingerprint density at radius 1 is 1.33 bits per heavy atom. The number of hydrogen-bond acceptors (Lipinski definition) is 4. The van der Waals surface area contributed by atoms with Crippen molar-refractivity contribution >= 4 is 23.4 Å². The minimum atomic E-state index is -0.979. The van der Waals surface area contributed by atoms with Crippen LogP contribution in [0.15, 0.2) is 18.3 Å². The molecule has 0 aromatic carbocycles. The highest BCUT2D eigenvalue weighted by Crippen LogP contribution is 2.22. The molecule has 0 radical (unpaired) electrons. The molecule has 0 spiro atoms. The van der Waals surface area contributed by atoms with Crippen molar-refractivity contribution in [1.82, 2.24) is 4.98 Å². The van der Waals surface area contributed by atoms with Crippen LogP contribution in [0, 0.1) is 5.92 Å². The molecule has 114 valence electrons. The van der Waals surface area contributed by atoms with Crippen molar-refractivity contribution in [2.24, 2.45) is 5.92 Å². The molecule has 1 aromatic heterocycles. The third kappa shape index (κ3) is 4.73. The lowest BCUT2D eigenvalue weighted by atomic mass is 9.99. The van der Waals surface area contributed by atoms with Crippen molar-refractivity contribution in [1.29, 1.82) is 0 Å². The lowest BCUT2D eigenvalue weighted by Gasteiger charge is -2.31. The highest BCUT2D eigenvalue weighted by Gasteiger charge is 2.16. The van der Waals surface area contributed by atoms with E-state index in [1.807, 2.05) is 6.07 Å².